The van der Waals surface area contributed by atoms with Gasteiger partial charge in [0.25, 0.3) is 0 Å². The summed E-state index contributed by atoms with van der Waals surface area (Å²) in [6.07, 6.45) is 24.5. The SMILES string of the molecule is CCCCCCCCCCCCCCCCCC[N+](C)(C)CCC[SiH](O)[SiH2][SiH3]. The minimum atomic E-state index is -1.15. The molecular weight excluding hydrogens is 391 g/mol. The van der Waals surface area contributed by atoms with Crippen molar-refractivity contribution in [3.63, 3.8) is 0 Å². The Morgan fingerprint density at radius 3 is 1.39 bits per heavy atom. The fraction of sp³-hybridized carbons (Fsp3) is 1.00. The van der Waals surface area contributed by atoms with Crippen molar-refractivity contribution in [2.75, 3.05) is 27.2 Å². The highest BCUT2D eigenvalue weighted by atomic mass is 29.5. The largest absolute Gasteiger partial charge is 0.439 e. The Balaban J connectivity index is 3.26. The second-order valence-corrected chi connectivity index (χ2v) is 25.2. The van der Waals surface area contributed by atoms with Gasteiger partial charge in [-0.25, -0.2) is 0 Å². The number of hydrogen-bond donors (Lipinski definition) is 1. The first kappa shape index (κ1) is 28.6. The van der Waals surface area contributed by atoms with Crippen molar-refractivity contribution >= 4 is 26.9 Å². The molecule has 0 aliphatic carbocycles. The number of nitrogens with zero attached hydrogens (tertiary/aromatic N) is 1. The summed E-state index contributed by atoms with van der Waals surface area (Å²) in [5.74, 6) is 0. The van der Waals surface area contributed by atoms with Gasteiger partial charge in [0.2, 0.25) is 0 Å². The molecule has 1 N–H and O–H groups in total. The predicted molar refractivity (Wildman–Crippen MR) is 139 cm³/mol. The molecule has 2 nitrogen and oxygen atoms in total. The lowest BCUT2D eigenvalue weighted by Crippen LogP contribution is -2.41. The molecule has 0 heterocycles. The van der Waals surface area contributed by atoms with E-state index in [4.69, 9.17) is 0 Å². The van der Waals surface area contributed by atoms with Crippen LogP contribution in [0.25, 0.3) is 0 Å². The monoisotopic (exact) mass is 446 g/mol. The summed E-state index contributed by atoms with van der Waals surface area (Å²) in [4.78, 5) is 9.91. The molecule has 5 heteroatoms. The Bertz CT molecular complexity index is 316. The molecule has 28 heavy (non-hydrogen) atoms. The highest BCUT2D eigenvalue weighted by Crippen LogP contribution is 2.14. The maximum Gasteiger partial charge on any atom is 0.150 e. The topological polar surface area (TPSA) is 20.2 Å². The summed E-state index contributed by atoms with van der Waals surface area (Å²) in [7, 11) is 5.01. The first-order valence-electron chi connectivity index (χ1n) is 13.0. The number of rotatable bonds is 22. The van der Waals surface area contributed by atoms with Gasteiger partial charge in [0.05, 0.1) is 27.2 Å². The molecule has 1 unspecified atom stereocenters. The van der Waals surface area contributed by atoms with Gasteiger partial charge < -0.3 is 9.28 Å². The number of hydrogen-bond acceptors (Lipinski definition) is 1. The van der Waals surface area contributed by atoms with E-state index in [2.05, 4.69) is 21.0 Å². The molecule has 0 aliphatic rings. The van der Waals surface area contributed by atoms with Crippen LogP contribution in [0.3, 0.4) is 0 Å². The molecule has 0 rings (SSSR count). The minimum absolute atomic E-state index is 0.0587. The number of unbranched alkanes of at least 4 members (excludes halogenated alkanes) is 15. The van der Waals surface area contributed by atoms with Crippen molar-refractivity contribution in [2.45, 2.75) is 122 Å². The van der Waals surface area contributed by atoms with Gasteiger partial charge in [0.1, 0.15) is 8.56 Å². The Labute approximate surface area is 185 Å². The van der Waals surface area contributed by atoms with E-state index in [0.717, 1.165) is 0 Å². The van der Waals surface area contributed by atoms with Crippen LogP contribution in [0.2, 0.25) is 6.04 Å². The van der Waals surface area contributed by atoms with E-state index in [0.29, 0.717) is 0 Å². The van der Waals surface area contributed by atoms with Crippen LogP contribution in [-0.4, -0.2) is 63.3 Å². The van der Waals surface area contributed by atoms with Gasteiger partial charge in [-0.15, -0.1) is 0 Å². The average Bonchev–Trinajstić information content (AvgIpc) is 2.67. The van der Waals surface area contributed by atoms with Crippen molar-refractivity contribution in [1.82, 2.24) is 0 Å². The van der Waals surface area contributed by atoms with Gasteiger partial charge in [-0.05, 0) is 35.1 Å². The third-order valence-corrected chi connectivity index (χ3v) is 20.9. The lowest BCUT2D eigenvalue weighted by molar-refractivity contribution is -0.890. The van der Waals surface area contributed by atoms with E-state index in [9.17, 15) is 4.80 Å². The summed E-state index contributed by atoms with van der Waals surface area (Å²) in [5, 5.41) is 0. The quantitative estimate of drug-likeness (QED) is 0.149. The van der Waals surface area contributed by atoms with Crippen LogP contribution in [0.1, 0.15) is 116 Å². The van der Waals surface area contributed by atoms with Gasteiger partial charge >= 0.3 is 0 Å². The van der Waals surface area contributed by atoms with E-state index < -0.39 is 8.56 Å². The van der Waals surface area contributed by atoms with Crippen molar-refractivity contribution in [2.24, 2.45) is 0 Å². The first-order chi connectivity index (χ1) is 13.5. The van der Waals surface area contributed by atoms with Gasteiger partial charge in [-0.3, -0.25) is 0 Å². The van der Waals surface area contributed by atoms with E-state index in [1.54, 1.807) is 0 Å². The van der Waals surface area contributed by atoms with Gasteiger partial charge in [-0.2, -0.15) is 0 Å². The second kappa shape index (κ2) is 20.8. The first-order valence-corrected chi connectivity index (χ1v) is 23.3. The molecule has 0 saturated heterocycles. The van der Waals surface area contributed by atoms with Crippen LogP contribution in [0.5, 0.6) is 0 Å². The molecule has 0 amide bonds. The van der Waals surface area contributed by atoms with Crippen LogP contribution in [-0.2, 0) is 0 Å². The molecule has 0 aliphatic heterocycles. The molecule has 0 aromatic heterocycles. The fourth-order valence-corrected chi connectivity index (χ4v) is 11.0. The Hall–Kier alpha value is 0.571. The second-order valence-electron chi connectivity index (χ2n) is 9.89. The lowest BCUT2D eigenvalue weighted by Gasteiger charge is -2.30. The normalized spacial score (nSPS) is 13.7. The van der Waals surface area contributed by atoms with Crippen molar-refractivity contribution in [3.05, 3.63) is 0 Å². The highest BCUT2D eigenvalue weighted by Gasteiger charge is 2.15. The average molecular weight is 447 g/mol. The number of quaternary nitrogens is 1. The van der Waals surface area contributed by atoms with Crippen LogP contribution < -0.4 is 0 Å². The molecule has 0 aromatic carbocycles. The lowest BCUT2D eigenvalue weighted by atomic mass is 10.0. The van der Waals surface area contributed by atoms with Crippen LogP contribution in [0.15, 0.2) is 0 Å². The summed E-state index contributed by atoms with van der Waals surface area (Å²) in [5.41, 5.74) is 0. The van der Waals surface area contributed by atoms with Gasteiger partial charge in [0, 0.05) is 8.55 Å². The molecule has 0 radical (unpaired) electrons. The molecule has 1 atom stereocenters. The molecule has 0 fully saturated rings. The Morgan fingerprint density at radius 1 is 0.643 bits per heavy atom. The predicted octanol–water partition coefficient (Wildman–Crippen LogP) is 4.38. The van der Waals surface area contributed by atoms with E-state index in [1.807, 2.05) is 0 Å². The summed E-state index contributed by atoms with van der Waals surface area (Å²) in [6, 6.07) is 1.20. The maximum atomic E-state index is 9.91. The Kier molecular flexibility index (Phi) is 21.3. The summed E-state index contributed by atoms with van der Waals surface area (Å²) >= 11 is 0. The zero-order valence-electron chi connectivity index (χ0n) is 20.3. The minimum Gasteiger partial charge on any atom is -0.439 e. The van der Waals surface area contributed by atoms with Crippen LogP contribution >= 0.6 is 0 Å². The third kappa shape index (κ3) is 21.3. The third-order valence-electron chi connectivity index (χ3n) is 6.39. The van der Waals surface area contributed by atoms with E-state index in [1.165, 1.54) is 143 Å². The van der Waals surface area contributed by atoms with Crippen LogP contribution in [0, 0.1) is 0 Å². The fourth-order valence-electron chi connectivity index (χ4n) is 4.16. The molecule has 0 saturated carbocycles. The zero-order valence-corrected chi connectivity index (χ0v) is 24.9. The van der Waals surface area contributed by atoms with Crippen molar-refractivity contribution in [3.8, 4) is 0 Å². The molecule has 0 bridgehead atoms. The molecular formula is C23H56NOSi3+. The maximum absolute atomic E-state index is 9.91. The van der Waals surface area contributed by atoms with Crippen molar-refractivity contribution < 1.29 is 9.28 Å². The Morgan fingerprint density at radius 2 is 1.00 bits per heavy atom. The molecule has 170 valence electrons. The van der Waals surface area contributed by atoms with Gasteiger partial charge in [0.15, 0.2) is 0 Å². The van der Waals surface area contributed by atoms with E-state index in [-0.39, 0.29) is 8.55 Å². The summed E-state index contributed by atoms with van der Waals surface area (Å²) in [6.45, 7) is 4.90. The summed E-state index contributed by atoms with van der Waals surface area (Å²) < 4.78 is 1.17. The standard InChI is InChI=1S/C23H56NOSi3/c1-4-5-6-7-8-9-10-11-12-13-14-15-16-17-18-19-21-24(2,3)22-20-23-28(25)27-26/h25,28H,4-23,27H2,1-3,26H3/q+1. The van der Waals surface area contributed by atoms with E-state index >= 15 is 0 Å². The smallest absolute Gasteiger partial charge is 0.150 e. The van der Waals surface area contributed by atoms with Crippen molar-refractivity contribution in [1.29, 1.82) is 0 Å². The molecule has 0 aromatic rings. The van der Waals surface area contributed by atoms with Gasteiger partial charge in [-0.1, -0.05) is 96.8 Å². The highest BCUT2D eigenvalue weighted by molar-refractivity contribution is 7.28. The van der Waals surface area contributed by atoms with Crippen LogP contribution in [0.4, 0.5) is 0 Å². The zero-order chi connectivity index (χ0) is 20.9. The molecule has 0 spiro atoms.